The summed E-state index contributed by atoms with van der Waals surface area (Å²) in [5, 5.41) is 10.3. The molecule has 1 saturated carbocycles. The Balaban J connectivity index is 0.00000280. The number of aromatic nitrogens is 2. The third-order valence-electron chi connectivity index (χ3n) is 4.55. The van der Waals surface area contributed by atoms with E-state index in [1.807, 2.05) is 13.8 Å². The van der Waals surface area contributed by atoms with Gasteiger partial charge in [-0.05, 0) is 44.5 Å². The number of nitrogens with zero attached hydrogens (tertiary/aromatic N) is 2. The highest BCUT2D eigenvalue weighted by molar-refractivity contribution is 5.95. The highest BCUT2D eigenvalue weighted by Gasteiger charge is 2.34. The van der Waals surface area contributed by atoms with Gasteiger partial charge in [-0.25, -0.2) is 4.68 Å². The Hall–Kier alpha value is -2.06. The van der Waals surface area contributed by atoms with Crippen LogP contribution in [0.1, 0.15) is 54.2 Å². The number of rotatable bonds is 7. The predicted molar refractivity (Wildman–Crippen MR) is 103 cm³/mol. The van der Waals surface area contributed by atoms with Crippen molar-refractivity contribution in [2.45, 2.75) is 44.8 Å². The van der Waals surface area contributed by atoms with Gasteiger partial charge in [0.2, 0.25) is 0 Å². The minimum Gasteiger partial charge on any atom is -0.350 e. The van der Waals surface area contributed by atoms with Gasteiger partial charge in [-0.3, -0.25) is 4.79 Å². The third-order valence-corrected chi connectivity index (χ3v) is 4.55. The Kier molecular flexibility index (Phi) is 7.11. The van der Waals surface area contributed by atoms with Crippen LogP contribution in [0.25, 0.3) is 5.69 Å². The van der Waals surface area contributed by atoms with E-state index in [9.17, 15) is 18.0 Å². The van der Waals surface area contributed by atoms with Gasteiger partial charge in [-0.2, -0.15) is 18.3 Å². The fraction of sp³-hybridized carbons (Fsp3) is 0.474. The van der Waals surface area contributed by atoms with Crippen LogP contribution in [0.4, 0.5) is 13.2 Å². The average Bonchev–Trinajstić information content (AvgIpc) is 3.37. The first-order chi connectivity index (χ1) is 12.8. The SMILES string of the molecule is CCN[C@H](C)CNC(=O)c1cnn(-c2cccc(C(F)(F)F)c2)c1C1CC1.Cl. The number of carbonyl (C=O) groups is 1. The molecule has 1 aromatic carbocycles. The van der Waals surface area contributed by atoms with Gasteiger partial charge < -0.3 is 10.6 Å². The summed E-state index contributed by atoms with van der Waals surface area (Å²) in [6.45, 7) is 5.23. The van der Waals surface area contributed by atoms with Crippen molar-refractivity contribution in [1.29, 1.82) is 0 Å². The maximum Gasteiger partial charge on any atom is 0.416 e. The molecule has 28 heavy (non-hydrogen) atoms. The topological polar surface area (TPSA) is 58.9 Å². The number of carbonyl (C=O) groups excluding carboxylic acids is 1. The van der Waals surface area contributed by atoms with Crippen molar-refractivity contribution in [3.8, 4) is 5.69 Å². The Morgan fingerprint density at radius 3 is 2.68 bits per heavy atom. The van der Waals surface area contributed by atoms with Crippen LogP contribution in [-0.4, -0.2) is 34.8 Å². The van der Waals surface area contributed by atoms with Crippen molar-refractivity contribution in [3.05, 3.63) is 47.3 Å². The molecule has 2 aromatic rings. The molecule has 0 aliphatic heterocycles. The first-order valence-corrected chi connectivity index (χ1v) is 9.08. The van der Waals surface area contributed by atoms with E-state index in [0.717, 1.165) is 31.5 Å². The van der Waals surface area contributed by atoms with Gasteiger partial charge in [-0.1, -0.05) is 13.0 Å². The van der Waals surface area contributed by atoms with Crippen molar-refractivity contribution >= 4 is 18.3 Å². The average molecular weight is 417 g/mol. The van der Waals surface area contributed by atoms with Gasteiger partial charge in [-0.15, -0.1) is 12.4 Å². The molecule has 1 aliphatic carbocycles. The summed E-state index contributed by atoms with van der Waals surface area (Å²) in [6, 6.07) is 5.15. The molecule has 1 atom stereocenters. The number of alkyl halides is 3. The molecule has 0 bridgehead atoms. The van der Waals surface area contributed by atoms with E-state index in [2.05, 4.69) is 15.7 Å². The van der Waals surface area contributed by atoms with E-state index in [1.165, 1.54) is 16.9 Å². The van der Waals surface area contributed by atoms with Crippen LogP contribution in [0, 0.1) is 0 Å². The van der Waals surface area contributed by atoms with Crippen LogP contribution >= 0.6 is 12.4 Å². The molecule has 1 fully saturated rings. The van der Waals surface area contributed by atoms with Crippen LogP contribution in [-0.2, 0) is 6.18 Å². The molecule has 1 amide bonds. The van der Waals surface area contributed by atoms with Crippen molar-refractivity contribution < 1.29 is 18.0 Å². The van der Waals surface area contributed by atoms with Crippen molar-refractivity contribution in [1.82, 2.24) is 20.4 Å². The molecule has 5 nitrogen and oxygen atoms in total. The molecule has 0 unspecified atom stereocenters. The monoisotopic (exact) mass is 416 g/mol. The summed E-state index contributed by atoms with van der Waals surface area (Å²) in [5.41, 5.74) is 0.691. The lowest BCUT2D eigenvalue weighted by atomic mass is 10.1. The third kappa shape index (κ3) is 5.05. The standard InChI is InChI=1S/C19H23F3N4O.ClH/c1-3-23-12(2)10-24-18(27)16-11-25-26(17(16)13-7-8-13)15-6-4-5-14(9-15)19(20,21)22;/h4-6,9,11-13,23H,3,7-8,10H2,1-2H3,(H,24,27);1H/t12-;/m1./s1. The number of nitrogens with one attached hydrogen (secondary N) is 2. The molecule has 1 aromatic heterocycles. The summed E-state index contributed by atoms with van der Waals surface area (Å²) in [4.78, 5) is 12.6. The lowest BCUT2D eigenvalue weighted by molar-refractivity contribution is -0.137. The highest BCUT2D eigenvalue weighted by atomic mass is 35.5. The van der Waals surface area contributed by atoms with Crippen LogP contribution < -0.4 is 10.6 Å². The maximum absolute atomic E-state index is 13.0. The number of amides is 1. The Morgan fingerprint density at radius 2 is 2.07 bits per heavy atom. The summed E-state index contributed by atoms with van der Waals surface area (Å²) < 4.78 is 40.6. The molecule has 0 radical (unpaired) electrons. The minimum atomic E-state index is -4.43. The normalized spacial score (nSPS) is 15.0. The van der Waals surface area contributed by atoms with Crippen molar-refractivity contribution in [2.75, 3.05) is 13.1 Å². The van der Waals surface area contributed by atoms with Crippen LogP contribution in [0.2, 0.25) is 0 Å². The summed E-state index contributed by atoms with van der Waals surface area (Å²) in [6.07, 6.45) is -1.18. The van der Waals surface area contributed by atoms with Gasteiger partial charge in [0.15, 0.2) is 0 Å². The van der Waals surface area contributed by atoms with Gasteiger partial charge in [0.05, 0.1) is 28.7 Å². The lowest BCUT2D eigenvalue weighted by Crippen LogP contribution is -2.39. The number of hydrogen-bond donors (Lipinski definition) is 2. The predicted octanol–water partition coefficient (Wildman–Crippen LogP) is 3.92. The Morgan fingerprint density at radius 1 is 1.36 bits per heavy atom. The molecule has 1 aliphatic rings. The number of likely N-dealkylation sites (N-methyl/N-ethyl adjacent to an activating group) is 1. The summed E-state index contributed by atoms with van der Waals surface area (Å²) >= 11 is 0. The molecule has 154 valence electrons. The zero-order valence-electron chi connectivity index (χ0n) is 15.7. The zero-order valence-corrected chi connectivity index (χ0v) is 16.5. The highest BCUT2D eigenvalue weighted by Crippen LogP contribution is 2.42. The first kappa shape index (κ1) is 22.2. The van der Waals surface area contributed by atoms with Crippen LogP contribution in [0.15, 0.2) is 30.5 Å². The quantitative estimate of drug-likeness (QED) is 0.719. The maximum atomic E-state index is 13.0. The van der Waals surface area contributed by atoms with Gasteiger partial charge >= 0.3 is 6.18 Å². The second-order valence-corrected chi connectivity index (χ2v) is 6.85. The first-order valence-electron chi connectivity index (χ1n) is 9.08. The van der Waals surface area contributed by atoms with E-state index >= 15 is 0 Å². The molecular weight excluding hydrogens is 393 g/mol. The van der Waals surface area contributed by atoms with Gasteiger partial charge in [0, 0.05) is 18.5 Å². The largest absolute Gasteiger partial charge is 0.416 e. The lowest BCUT2D eigenvalue weighted by Gasteiger charge is -2.14. The fourth-order valence-electron chi connectivity index (χ4n) is 3.06. The molecule has 0 saturated heterocycles. The minimum absolute atomic E-state index is 0. The molecular formula is C19H24ClF3N4O. The molecule has 1 heterocycles. The second-order valence-electron chi connectivity index (χ2n) is 6.85. The van der Waals surface area contributed by atoms with E-state index in [0.29, 0.717) is 23.5 Å². The number of benzene rings is 1. The molecule has 0 spiro atoms. The Labute approximate surface area is 168 Å². The Bertz CT molecular complexity index is 818. The van der Waals surface area contributed by atoms with E-state index < -0.39 is 11.7 Å². The molecule has 9 heteroatoms. The van der Waals surface area contributed by atoms with E-state index in [1.54, 1.807) is 6.07 Å². The number of halogens is 4. The van der Waals surface area contributed by atoms with Crippen LogP contribution in [0.3, 0.4) is 0 Å². The molecule has 2 N–H and O–H groups in total. The second kappa shape index (κ2) is 8.96. The summed E-state index contributed by atoms with van der Waals surface area (Å²) in [5.74, 6) is -0.103. The van der Waals surface area contributed by atoms with Gasteiger partial charge in [0.1, 0.15) is 0 Å². The van der Waals surface area contributed by atoms with Gasteiger partial charge in [0.25, 0.3) is 5.91 Å². The van der Waals surface area contributed by atoms with Crippen molar-refractivity contribution in [3.63, 3.8) is 0 Å². The number of hydrogen-bond acceptors (Lipinski definition) is 3. The summed E-state index contributed by atoms with van der Waals surface area (Å²) in [7, 11) is 0. The smallest absolute Gasteiger partial charge is 0.350 e. The van der Waals surface area contributed by atoms with E-state index in [4.69, 9.17) is 0 Å². The molecule has 3 rings (SSSR count). The van der Waals surface area contributed by atoms with Crippen LogP contribution in [0.5, 0.6) is 0 Å². The van der Waals surface area contributed by atoms with E-state index in [-0.39, 0.29) is 30.3 Å². The zero-order chi connectivity index (χ0) is 19.6. The fourth-order valence-corrected chi connectivity index (χ4v) is 3.06. The van der Waals surface area contributed by atoms with Crippen molar-refractivity contribution in [2.24, 2.45) is 0 Å².